The minimum atomic E-state index is -4.42. The van der Waals surface area contributed by atoms with Gasteiger partial charge >= 0.3 is 6.18 Å². The van der Waals surface area contributed by atoms with Gasteiger partial charge in [-0.3, -0.25) is 5.01 Å². The Balaban J connectivity index is 1.64. The molecule has 0 unspecified atom stereocenters. The van der Waals surface area contributed by atoms with E-state index in [4.69, 9.17) is 0 Å². The third kappa shape index (κ3) is 4.49. The van der Waals surface area contributed by atoms with E-state index in [9.17, 15) is 13.2 Å². The fourth-order valence-corrected chi connectivity index (χ4v) is 3.88. The van der Waals surface area contributed by atoms with Gasteiger partial charge in [0.05, 0.1) is 24.0 Å². The lowest BCUT2D eigenvalue weighted by Crippen LogP contribution is -2.22. The van der Waals surface area contributed by atoms with Gasteiger partial charge in [0.2, 0.25) is 0 Å². The average Bonchev–Trinajstić information content (AvgIpc) is 2.72. The molecule has 0 N–H and O–H groups in total. The molecule has 4 rings (SSSR count). The second-order valence-electron chi connectivity index (χ2n) is 8.11. The second-order valence-corrected chi connectivity index (χ2v) is 8.11. The quantitative estimate of drug-likeness (QED) is 0.505. The maximum Gasteiger partial charge on any atom is 0.416 e. The van der Waals surface area contributed by atoms with Gasteiger partial charge in [0, 0.05) is 12.1 Å². The molecule has 3 nitrogen and oxygen atoms in total. The normalized spacial score (nSPS) is 13.6. The summed E-state index contributed by atoms with van der Waals surface area (Å²) in [7, 11) is 3.51. The van der Waals surface area contributed by atoms with Crippen molar-refractivity contribution in [3.8, 4) is 11.1 Å². The molecule has 6 heteroatoms. The van der Waals surface area contributed by atoms with Crippen LogP contribution in [0.15, 0.2) is 65.8 Å². The molecule has 3 aromatic carbocycles. The highest BCUT2D eigenvalue weighted by Gasteiger charge is 2.34. The first-order valence-corrected chi connectivity index (χ1v) is 10.1. The Hall–Kier alpha value is -3.12. The predicted octanol–water partition coefficient (Wildman–Crippen LogP) is 6.10. The van der Waals surface area contributed by atoms with E-state index in [1.165, 1.54) is 11.6 Å². The summed E-state index contributed by atoms with van der Waals surface area (Å²) in [4.78, 5) is 1.73. The van der Waals surface area contributed by atoms with Gasteiger partial charge in [-0.05, 0) is 67.0 Å². The molecule has 160 valence electrons. The highest BCUT2D eigenvalue weighted by atomic mass is 19.4. The van der Waals surface area contributed by atoms with Crippen LogP contribution in [0.2, 0.25) is 0 Å². The molecule has 0 atom stereocenters. The van der Waals surface area contributed by atoms with Crippen LogP contribution in [-0.2, 0) is 19.3 Å². The van der Waals surface area contributed by atoms with Gasteiger partial charge in [-0.25, -0.2) is 0 Å². The van der Waals surface area contributed by atoms with Gasteiger partial charge in [0.25, 0.3) is 0 Å². The van der Waals surface area contributed by atoms with E-state index in [1.807, 2.05) is 18.2 Å². The van der Waals surface area contributed by atoms with Crippen molar-refractivity contribution in [2.45, 2.75) is 26.2 Å². The fraction of sp³-hybridized carbons (Fsp3) is 0.240. The van der Waals surface area contributed by atoms with Crippen molar-refractivity contribution in [2.75, 3.05) is 19.1 Å². The van der Waals surface area contributed by atoms with Crippen LogP contribution in [0.4, 0.5) is 18.9 Å². The zero-order chi connectivity index (χ0) is 22.2. The molecule has 0 spiro atoms. The lowest BCUT2D eigenvalue weighted by molar-refractivity contribution is -0.138. The number of halogens is 3. The summed E-state index contributed by atoms with van der Waals surface area (Å²) >= 11 is 0. The molecular weight excluding hydrogens is 399 g/mol. The van der Waals surface area contributed by atoms with Gasteiger partial charge in [0.1, 0.15) is 0 Å². The van der Waals surface area contributed by atoms with E-state index in [0.717, 1.165) is 22.3 Å². The number of nitrogens with zero attached hydrogens (tertiary/aromatic N) is 3. The molecule has 0 aliphatic carbocycles. The van der Waals surface area contributed by atoms with E-state index in [1.54, 1.807) is 42.4 Å². The zero-order valence-electron chi connectivity index (χ0n) is 17.7. The molecular formula is C25H24F3N3. The van der Waals surface area contributed by atoms with Gasteiger partial charge in [0.15, 0.2) is 0 Å². The fourth-order valence-electron chi connectivity index (χ4n) is 3.88. The Kier molecular flexibility index (Phi) is 5.58. The largest absolute Gasteiger partial charge is 0.416 e. The van der Waals surface area contributed by atoms with Gasteiger partial charge in [-0.15, -0.1) is 0 Å². The Labute approximate surface area is 180 Å². The van der Waals surface area contributed by atoms with Crippen molar-refractivity contribution in [3.05, 3.63) is 88.5 Å². The number of hydrogen-bond donors (Lipinski definition) is 0. The first-order chi connectivity index (χ1) is 14.7. The summed E-state index contributed by atoms with van der Waals surface area (Å²) in [5.41, 5.74) is 5.53. The summed E-state index contributed by atoms with van der Waals surface area (Å²) < 4.78 is 40.9. The smallest absolute Gasteiger partial charge is 0.305 e. The van der Waals surface area contributed by atoms with Crippen LogP contribution < -0.4 is 5.01 Å². The Morgan fingerprint density at radius 1 is 1.00 bits per heavy atom. The van der Waals surface area contributed by atoms with Crippen molar-refractivity contribution in [3.63, 3.8) is 0 Å². The molecule has 0 fully saturated rings. The molecule has 1 aliphatic heterocycles. The molecule has 31 heavy (non-hydrogen) atoms. The van der Waals surface area contributed by atoms with Crippen LogP contribution in [0.1, 0.15) is 27.8 Å². The summed E-state index contributed by atoms with van der Waals surface area (Å²) in [5, 5.41) is 6.06. The van der Waals surface area contributed by atoms with Crippen molar-refractivity contribution in [1.29, 1.82) is 0 Å². The second kappa shape index (κ2) is 8.19. The maximum atomic E-state index is 13.6. The molecule has 0 aromatic heterocycles. The highest BCUT2D eigenvalue weighted by molar-refractivity contribution is 5.87. The number of hydrazone groups is 1. The maximum absolute atomic E-state index is 13.6. The van der Waals surface area contributed by atoms with E-state index in [2.05, 4.69) is 36.3 Å². The van der Waals surface area contributed by atoms with Crippen molar-refractivity contribution >= 4 is 11.9 Å². The number of aryl methyl sites for hydroxylation is 1. The average molecular weight is 423 g/mol. The summed E-state index contributed by atoms with van der Waals surface area (Å²) in [6.45, 7) is 2.72. The molecule has 1 aliphatic rings. The van der Waals surface area contributed by atoms with Gasteiger partial charge in [-0.2, -0.15) is 18.3 Å². The van der Waals surface area contributed by atoms with Crippen LogP contribution in [0.5, 0.6) is 0 Å². The third-order valence-electron chi connectivity index (χ3n) is 5.44. The van der Waals surface area contributed by atoms with Crippen molar-refractivity contribution < 1.29 is 13.2 Å². The van der Waals surface area contributed by atoms with Crippen molar-refractivity contribution in [2.24, 2.45) is 5.10 Å². The summed E-state index contributed by atoms with van der Waals surface area (Å²) in [6.07, 6.45) is -2.69. The zero-order valence-corrected chi connectivity index (χ0v) is 17.7. The van der Waals surface area contributed by atoms with E-state index in [-0.39, 0.29) is 12.1 Å². The first-order valence-electron chi connectivity index (χ1n) is 10.1. The van der Waals surface area contributed by atoms with Gasteiger partial charge < -0.3 is 4.90 Å². The lowest BCUT2D eigenvalue weighted by atomic mass is 9.96. The number of hydrogen-bond acceptors (Lipinski definition) is 3. The summed E-state index contributed by atoms with van der Waals surface area (Å²) in [5.74, 6) is 0. The van der Waals surface area contributed by atoms with E-state index in [0.29, 0.717) is 12.2 Å². The molecule has 0 amide bonds. The van der Waals surface area contributed by atoms with Crippen LogP contribution in [0.3, 0.4) is 0 Å². The number of alkyl halides is 3. The minimum absolute atomic E-state index is 0.225. The Bertz CT molecular complexity index is 1130. The summed E-state index contributed by atoms with van der Waals surface area (Å²) in [6, 6.07) is 18.8. The van der Waals surface area contributed by atoms with E-state index < -0.39 is 11.7 Å². The monoisotopic (exact) mass is 423 g/mol. The van der Waals surface area contributed by atoms with Crippen LogP contribution in [0.25, 0.3) is 11.1 Å². The number of fused-ring (bicyclic) bond motifs is 1. The van der Waals surface area contributed by atoms with Gasteiger partial charge in [-0.1, -0.05) is 42.5 Å². The third-order valence-corrected chi connectivity index (χ3v) is 5.44. The van der Waals surface area contributed by atoms with Crippen molar-refractivity contribution in [1.82, 2.24) is 4.90 Å². The number of benzene rings is 3. The topological polar surface area (TPSA) is 18.8 Å². The number of rotatable bonds is 4. The van der Waals surface area contributed by atoms with E-state index >= 15 is 0 Å². The SMILES string of the molecule is Cc1ccccc1-c1ccc2c(c1)C=NN(c1ccc(CN(C)C)c(C(F)(F)F)c1)C2. The number of anilines is 1. The van der Waals surface area contributed by atoms with Crippen LogP contribution >= 0.6 is 0 Å². The Morgan fingerprint density at radius 3 is 2.48 bits per heavy atom. The standard InChI is InChI=1S/C25H24F3N3/c1-17-6-4-5-7-23(17)18-8-9-19-16-31(29-14-21(19)12-18)22-11-10-20(15-30(2)3)24(13-22)25(26,27)28/h4-14H,15-16H2,1-3H3. The molecule has 3 aromatic rings. The highest BCUT2D eigenvalue weighted by Crippen LogP contribution is 2.36. The first kappa shape index (κ1) is 21.1. The lowest BCUT2D eigenvalue weighted by Gasteiger charge is -2.26. The van der Waals surface area contributed by atoms with Crippen LogP contribution in [0, 0.1) is 6.92 Å². The molecule has 0 saturated carbocycles. The molecule has 0 saturated heterocycles. The molecule has 0 radical (unpaired) electrons. The molecule has 0 bridgehead atoms. The van der Waals surface area contributed by atoms with Crippen LogP contribution in [-0.4, -0.2) is 25.2 Å². The minimum Gasteiger partial charge on any atom is -0.305 e. The molecule has 1 heterocycles. The predicted molar refractivity (Wildman–Crippen MR) is 119 cm³/mol. The Morgan fingerprint density at radius 2 is 1.77 bits per heavy atom.